The van der Waals surface area contributed by atoms with Crippen LogP contribution in [-0.2, 0) is 11.3 Å². The van der Waals surface area contributed by atoms with Gasteiger partial charge >= 0.3 is 0 Å². The van der Waals surface area contributed by atoms with Crippen molar-refractivity contribution < 1.29 is 4.74 Å². The highest BCUT2D eigenvalue weighted by molar-refractivity contribution is 5.41. The fourth-order valence-corrected chi connectivity index (χ4v) is 2.47. The summed E-state index contributed by atoms with van der Waals surface area (Å²) in [5, 5.41) is 3.43. The van der Waals surface area contributed by atoms with Crippen LogP contribution >= 0.6 is 0 Å². The molecule has 2 heterocycles. The minimum Gasteiger partial charge on any atom is -0.381 e. The van der Waals surface area contributed by atoms with E-state index in [1.807, 2.05) is 6.20 Å². The Hall–Kier alpha value is -1.13. The largest absolute Gasteiger partial charge is 0.381 e. The van der Waals surface area contributed by atoms with Gasteiger partial charge in [-0.25, -0.2) is 4.98 Å². The van der Waals surface area contributed by atoms with E-state index in [1.54, 1.807) is 7.11 Å². The lowest BCUT2D eigenvalue weighted by Gasteiger charge is -2.32. The highest BCUT2D eigenvalue weighted by Crippen LogP contribution is 2.19. The van der Waals surface area contributed by atoms with E-state index in [-0.39, 0.29) is 0 Å². The van der Waals surface area contributed by atoms with Gasteiger partial charge in [0, 0.05) is 32.9 Å². The number of anilines is 1. The second-order valence-corrected chi connectivity index (χ2v) is 5.12. The van der Waals surface area contributed by atoms with Crippen molar-refractivity contribution in [3.05, 3.63) is 23.9 Å². The molecule has 0 aliphatic carbocycles. The van der Waals surface area contributed by atoms with Gasteiger partial charge in [-0.05, 0) is 43.5 Å². The molecule has 19 heavy (non-hydrogen) atoms. The first-order valence-electron chi connectivity index (χ1n) is 7.27. The fourth-order valence-electron chi connectivity index (χ4n) is 2.47. The Balaban J connectivity index is 1.91. The molecule has 0 aromatic carbocycles. The number of hydrogen-bond donors (Lipinski definition) is 1. The highest BCUT2D eigenvalue weighted by Gasteiger charge is 2.19. The first-order valence-corrected chi connectivity index (χ1v) is 7.27. The zero-order valence-electron chi connectivity index (χ0n) is 12.1. The van der Waals surface area contributed by atoms with Crippen molar-refractivity contribution in [3.8, 4) is 0 Å². The third kappa shape index (κ3) is 4.18. The molecule has 0 amide bonds. The lowest BCUT2D eigenvalue weighted by Crippen LogP contribution is -2.37. The van der Waals surface area contributed by atoms with Crippen LogP contribution in [0.2, 0.25) is 0 Å². The molecule has 0 atom stereocenters. The molecule has 4 nitrogen and oxygen atoms in total. The maximum Gasteiger partial charge on any atom is 0.128 e. The molecule has 1 aromatic heterocycles. The van der Waals surface area contributed by atoms with Gasteiger partial charge in [-0.2, -0.15) is 0 Å². The number of methoxy groups -OCH3 is 1. The van der Waals surface area contributed by atoms with Gasteiger partial charge in [-0.3, -0.25) is 0 Å². The molecule has 1 aromatic rings. The van der Waals surface area contributed by atoms with Crippen LogP contribution in [0.5, 0.6) is 0 Å². The maximum absolute atomic E-state index is 5.41. The van der Waals surface area contributed by atoms with E-state index in [9.17, 15) is 0 Å². The van der Waals surface area contributed by atoms with Gasteiger partial charge in [-0.15, -0.1) is 0 Å². The molecule has 1 N–H and O–H groups in total. The Labute approximate surface area is 116 Å². The minimum absolute atomic E-state index is 0.422. The summed E-state index contributed by atoms with van der Waals surface area (Å²) in [7, 11) is 1.80. The summed E-state index contributed by atoms with van der Waals surface area (Å²) < 4.78 is 5.41. The smallest absolute Gasteiger partial charge is 0.128 e. The number of piperidine rings is 1. The normalized spacial score (nSPS) is 16.8. The molecule has 1 aliphatic heterocycles. The molecule has 1 aliphatic rings. The third-order valence-corrected chi connectivity index (χ3v) is 3.67. The van der Waals surface area contributed by atoms with Crippen LogP contribution in [0.3, 0.4) is 0 Å². The Bertz CT molecular complexity index is 375. The predicted octanol–water partition coefficient (Wildman–Crippen LogP) is 2.20. The molecule has 0 unspecified atom stereocenters. The van der Waals surface area contributed by atoms with E-state index < -0.39 is 0 Å². The zero-order valence-corrected chi connectivity index (χ0v) is 12.1. The quantitative estimate of drug-likeness (QED) is 0.798. The van der Waals surface area contributed by atoms with Crippen molar-refractivity contribution in [2.24, 2.45) is 0 Å². The van der Waals surface area contributed by atoms with Crippen LogP contribution in [0.25, 0.3) is 0 Å². The molecule has 1 fully saturated rings. The van der Waals surface area contributed by atoms with Crippen molar-refractivity contribution in [2.75, 3.05) is 31.6 Å². The first kappa shape index (κ1) is 14.3. The molecule has 0 radical (unpaired) electrons. The number of hydrogen-bond acceptors (Lipinski definition) is 4. The van der Waals surface area contributed by atoms with Gasteiger partial charge < -0.3 is 15.0 Å². The van der Waals surface area contributed by atoms with Crippen LogP contribution in [0.15, 0.2) is 18.3 Å². The standard InChI is InChI=1S/C15H25N3O/c1-3-7-16-12-13-4-8-17-15(11-13)18-9-5-14(19-2)6-10-18/h4,8,11,14,16H,3,5-7,9-10,12H2,1-2H3. The van der Waals surface area contributed by atoms with E-state index in [0.717, 1.165) is 44.8 Å². The number of nitrogens with one attached hydrogen (secondary N) is 1. The van der Waals surface area contributed by atoms with E-state index in [1.165, 1.54) is 12.0 Å². The SMILES string of the molecule is CCCNCc1ccnc(N2CCC(OC)CC2)c1. The van der Waals surface area contributed by atoms with Crippen LogP contribution in [-0.4, -0.2) is 37.8 Å². The Kier molecular flexibility index (Phi) is 5.61. The van der Waals surface area contributed by atoms with Gasteiger partial charge in [0.1, 0.15) is 5.82 Å². The summed E-state index contributed by atoms with van der Waals surface area (Å²) >= 11 is 0. The minimum atomic E-state index is 0.422. The third-order valence-electron chi connectivity index (χ3n) is 3.67. The molecular weight excluding hydrogens is 238 g/mol. The fraction of sp³-hybridized carbons (Fsp3) is 0.667. The summed E-state index contributed by atoms with van der Waals surface area (Å²) in [4.78, 5) is 6.86. The van der Waals surface area contributed by atoms with Gasteiger partial charge in [0.05, 0.1) is 6.10 Å². The number of rotatable bonds is 6. The van der Waals surface area contributed by atoms with Crippen LogP contribution in [0, 0.1) is 0 Å². The molecule has 4 heteroatoms. The number of aromatic nitrogens is 1. The van der Waals surface area contributed by atoms with Crippen LogP contribution < -0.4 is 10.2 Å². The summed E-state index contributed by atoms with van der Waals surface area (Å²) in [5.74, 6) is 1.10. The Morgan fingerprint density at radius 3 is 2.89 bits per heavy atom. The number of nitrogens with zero attached hydrogens (tertiary/aromatic N) is 2. The van der Waals surface area contributed by atoms with Gasteiger partial charge in [-0.1, -0.05) is 6.92 Å². The zero-order chi connectivity index (χ0) is 13.5. The van der Waals surface area contributed by atoms with E-state index >= 15 is 0 Å². The first-order chi connectivity index (χ1) is 9.33. The van der Waals surface area contributed by atoms with Crippen LogP contribution in [0.1, 0.15) is 31.7 Å². The molecule has 1 saturated heterocycles. The van der Waals surface area contributed by atoms with E-state index in [0.29, 0.717) is 6.10 Å². The molecule has 0 spiro atoms. The molecule has 0 saturated carbocycles. The second-order valence-electron chi connectivity index (χ2n) is 5.12. The molecule has 2 rings (SSSR count). The monoisotopic (exact) mass is 263 g/mol. The summed E-state index contributed by atoms with van der Waals surface area (Å²) in [6, 6.07) is 4.30. The van der Waals surface area contributed by atoms with Gasteiger partial charge in [0.2, 0.25) is 0 Å². The topological polar surface area (TPSA) is 37.4 Å². The number of pyridine rings is 1. The molecule has 106 valence electrons. The summed E-state index contributed by atoms with van der Waals surface area (Å²) in [5.41, 5.74) is 1.31. The molecule has 0 bridgehead atoms. The van der Waals surface area contributed by atoms with Gasteiger partial charge in [0.25, 0.3) is 0 Å². The van der Waals surface area contributed by atoms with E-state index in [2.05, 4.69) is 34.3 Å². The van der Waals surface area contributed by atoms with Crippen molar-refractivity contribution in [2.45, 2.75) is 38.8 Å². The number of ether oxygens (including phenoxy) is 1. The Morgan fingerprint density at radius 2 is 2.21 bits per heavy atom. The lowest BCUT2D eigenvalue weighted by molar-refractivity contribution is 0.0818. The van der Waals surface area contributed by atoms with Crippen molar-refractivity contribution in [1.29, 1.82) is 0 Å². The highest BCUT2D eigenvalue weighted by atomic mass is 16.5. The maximum atomic E-state index is 5.41. The van der Waals surface area contributed by atoms with E-state index in [4.69, 9.17) is 4.74 Å². The average molecular weight is 263 g/mol. The second kappa shape index (κ2) is 7.46. The summed E-state index contributed by atoms with van der Waals surface area (Å²) in [6.07, 6.45) is 5.70. The predicted molar refractivity (Wildman–Crippen MR) is 78.5 cm³/mol. The van der Waals surface area contributed by atoms with Crippen molar-refractivity contribution >= 4 is 5.82 Å². The van der Waals surface area contributed by atoms with Crippen LogP contribution in [0.4, 0.5) is 5.82 Å². The molecular formula is C15H25N3O. The van der Waals surface area contributed by atoms with Crippen molar-refractivity contribution in [3.63, 3.8) is 0 Å². The average Bonchev–Trinajstić information content (AvgIpc) is 2.48. The lowest BCUT2D eigenvalue weighted by atomic mass is 10.1. The van der Waals surface area contributed by atoms with Gasteiger partial charge in [0.15, 0.2) is 0 Å². The van der Waals surface area contributed by atoms with Crippen molar-refractivity contribution in [1.82, 2.24) is 10.3 Å². The summed E-state index contributed by atoms with van der Waals surface area (Å²) in [6.45, 7) is 6.26. The Morgan fingerprint density at radius 1 is 1.42 bits per heavy atom.